The zero-order chi connectivity index (χ0) is 9.35. The number of nitrogens with two attached hydrogens (primary N) is 1. The molecule has 1 aromatic carbocycles. The molecule has 1 rings (SSSR count). The van der Waals surface area contributed by atoms with Crippen LogP contribution in [-0.4, -0.2) is 8.42 Å². The third-order valence-corrected chi connectivity index (χ3v) is 4.21. The number of hydrogen-bond donors (Lipinski definition) is 1. The van der Waals surface area contributed by atoms with Gasteiger partial charge in [0.1, 0.15) is 0 Å². The summed E-state index contributed by atoms with van der Waals surface area (Å²) in [6, 6.07) is 5.03. The van der Waals surface area contributed by atoms with Crippen molar-refractivity contribution in [3.8, 4) is 0 Å². The van der Waals surface area contributed by atoms with Gasteiger partial charge in [0.15, 0.2) is 0 Å². The molecule has 0 fully saturated rings. The molecule has 0 aliphatic carbocycles. The van der Waals surface area contributed by atoms with Gasteiger partial charge in [0.25, 0.3) is 0 Å². The number of rotatable bonds is 1. The Balaban J connectivity index is 3.47. The first-order chi connectivity index (χ1) is 5.43. The number of sulfonamides is 1. The van der Waals surface area contributed by atoms with Crippen molar-refractivity contribution in [2.24, 2.45) is 5.14 Å². The van der Waals surface area contributed by atoms with E-state index in [-0.39, 0.29) is 4.90 Å². The second-order valence-corrected chi connectivity index (χ2v) is 5.04. The molecule has 0 radical (unpaired) electrons. The summed E-state index contributed by atoms with van der Waals surface area (Å²) in [5.41, 5.74) is 0.919. The zero-order valence-corrected chi connectivity index (χ0v) is 9.39. The van der Waals surface area contributed by atoms with Crippen LogP contribution < -0.4 is 5.14 Å². The molecule has 0 aliphatic heterocycles. The van der Waals surface area contributed by atoms with Crippen LogP contribution in [0.2, 0.25) is 0 Å². The van der Waals surface area contributed by atoms with Crippen LogP contribution in [0.4, 0.5) is 0 Å². The standard InChI is InChI=1S/C7H8INO2S/c1-5-3-2-4-6(7(5)8)12(9,10)11/h2-4H,1H3,(H2,9,10,11). The van der Waals surface area contributed by atoms with Crippen molar-refractivity contribution in [1.29, 1.82) is 0 Å². The fraction of sp³-hybridized carbons (Fsp3) is 0.143. The van der Waals surface area contributed by atoms with E-state index in [1.165, 1.54) is 6.07 Å². The Kier molecular flexibility index (Phi) is 2.74. The maximum atomic E-state index is 11.0. The van der Waals surface area contributed by atoms with Crippen molar-refractivity contribution >= 4 is 32.6 Å². The van der Waals surface area contributed by atoms with Crippen LogP contribution >= 0.6 is 22.6 Å². The van der Waals surface area contributed by atoms with Gasteiger partial charge in [-0.1, -0.05) is 12.1 Å². The highest BCUT2D eigenvalue weighted by Gasteiger charge is 2.12. The van der Waals surface area contributed by atoms with Crippen LogP contribution in [0.1, 0.15) is 5.56 Å². The third kappa shape index (κ3) is 1.96. The molecular formula is C7H8INO2S. The number of aryl methyl sites for hydroxylation is 1. The quantitative estimate of drug-likeness (QED) is 0.793. The molecule has 5 heteroatoms. The lowest BCUT2D eigenvalue weighted by molar-refractivity contribution is 0.597. The monoisotopic (exact) mass is 297 g/mol. The fourth-order valence-electron chi connectivity index (χ4n) is 0.840. The topological polar surface area (TPSA) is 60.2 Å². The van der Waals surface area contributed by atoms with Gasteiger partial charge in [-0.3, -0.25) is 0 Å². The molecule has 0 heterocycles. The number of hydrogen-bond acceptors (Lipinski definition) is 2. The molecule has 0 saturated heterocycles. The summed E-state index contributed by atoms with van der Waals surface area (Å²) in [5.74, 6) is 0. The number of halogens is 1. The summed E-state index contributed by atoms with van der Waals surface area (Å²) in [4.78, 5) is 0.197. The van der Waals surface area contributed by atoms with Crippen LogP contribution in [0, 0.1) is 10.5 Å². The van der Waals surface area contributed by atoms with Crippen LogP contribution in [0.25, 0.3) is 0 Å². The maximum Gasteiger partial charge on any atom is 0.239 e. The summed E-state index contributed by atoms with van der Waals surface area (Å²) < 4.78 is 22.7. The lowest BCUT2D eigenvalue weighted by Gasteiger charge is -2.03. The smallest absolute Gasteiger partial charge is 0.225 e. The van der Waals surface area contributed by atoms with Crippen LogP contribution in [0.3, 0.4) is 0 Å². The van der Waals surface area contributed by atoms with E-state index in [1.807, 2.05) is 35.6 Å². The van der Waals surface area contributed by atoms with Crippen LogP contribution in [0.15, 0.2) is 23.1 Å². The van der Waals surface area contributed by atoms with Gasteiger partial charge in [0.2, 0.25) is 10.0 Å². The summed E-state index contributed by atoms with van der Waals surface area (Å²) in [5, 5.41) is 4.99. The fourth-order valence-corrected chi connectivity index (χ4v) is 2.80. The molecule has 3 nitrogen and oxygen atoms in total. The first-order valence-electron chi connectivity index (χ1n) is 3.21. The second kappa shape index (κ2) is 3.31. The minimum atomic E-state index is -3.56. The first kappa shape index (κ1) is 9.94. The third-order valence-electron chi connectivity index (χ3n) is 1.46. The van der Waals surface area contributed by atoms with Crippen molar-refractivity contribution in [2.45, 2.75) is 11.8 Å². The molecule has 0 atom stereocenters. The number of benzene rings is 1. The van der Waals surface area contributed by atoms with Crippen molar-refractivity contribution in [2.75, 3.05) is 0 Å². The molecule has 2 N–H and O–H groups in total. The summed E-state index contributed by atoms with van der Waals surface area (Å²) >= 11 is 1.97. The van der Waals surface area contributed by atoms with Gasteiger partial charge in [-0.05, 0) is 41.1 Å². The van der Waals surface area contributed by atoms with E-state index in [9.17, 15) is 8.42 Å². The van der Waals surface area contributed by atoms with Gasteiger partial charge in [0, 0.05) is 3.57 Å². The molecule has 0 spiro atoms. The Hall–Kier alpha value is -0.140. The maximum absolute atomic E-state index is 11.0. The van der Waals surface area contributed by atoms with Gasteiger partial charge in [-0.2, -0.15) is 0 Å². The molecule has 0 amide bonds. The Morgan fingerprint density at radius 2 is 2.00 bits per heavy atom. The normalized spacial score (nSPS) is 11.6. The van der Waals surface area contributed by atoms with Gasteiger partial charge in [-0.25, -0.2) is 13.6 Å². The van der Waals surface area contributed by atoms with Gasteiger partial charge in [-0.15, -0.1) is 0 Å². The van der Waals surface area contributed by atoms with Crippen LogP contribution in [-0.2, 0) is 10.0 Å². The zero-order valence-electron chi connectivity index (χ0n) is 6.41. The molecule has 0 aliphatic rings. The minimum absolute atomic E-state index is 0.197. The van der Waals surface area contributed by atoms with E-state index in [4.69, 9.17) is 5.14 Å². The Morgan fingerprint density at radius 1 is 1.42 bits per heavy atom. The highest BCUT2D eigenvalue weighted by atomic mass is 127. The summed E-state index contributed by atoms with van der Waals surface area (Å²) in [6.07, 6.45) is 0. The van der Waals surface area contributed by atoms with Gasteiger partial charge in [0.05, 0.1) is 4.90 Å². The average molecular weight is 297 g/mol. The first-order valence-corrected chi connectivity index (χ1v) is 5.83. The highest BCUT2D eigenvalue weighted by Crippen LogP contribution is 2.19. The minimum Gasteiger partial charge on any atom is -0.225 e. The van der Waals surface area contributed by atoms with Crippen molar-refractivity contribution in [3.63, 3.8) is 0 Å². The SMILES string of the molecule is Cc1cccc(S(N)(=O)=O)c1I. The van der Waals surface area contributed by atoms with E-state index >= 15 is 0 Å². The van der Waals surface area contributed by atoms with Crippen molar-refractivity contribution in [3.05, 3.63) is 27.3 Å². The second-order valence-electron chi connectivity index (χ2n) is 2.43. The molecule has 0 bridgehead atoms. The molecule has 1 aromatic rings. The lowest BCUT2D eigenvalue weighted by atomic mass is 10.2. The van der Waals surface area contributed by atoms with E-state index in [1.54, 1.807) is 6.07 Å². The summed E-state index contributed by atoms with van der Waals surface area (Å²) in [7, 11) is -3.56. The highest BCUT2D eigenvalue weighted by molar-refractivity contribution is 14.1. The Bertz CT molecular complexity index is 400. The van der Waals surface area contributed by atoms with Crippen molar-refractivity contribution < 1.29 is 8.42 Å². The summed E-state index contributed by atoms with van der Waals surface area (Å²) in [6.45, 7) is 1.84. The molecular weight excluding hydrogens is 289 g/mol. The Morgan fingerprint density at radius 3 is 2.42 bits per heavy atom. The largest absolute Gasteiger partial charge is 0.239 e. The van der Waals surface area contributed by atoms with Crippen LogP contribution in [0.5, 0.6) is 0 Å². The predicted octanol–water partition coefficient (Wildman–Crippen LogP) is 1.25. The molecule has 0 unspecified atom stereocenters. The van der Waals surface area contributed by atoms with E-state index < -0.39 is 10.0 Å². The lowest BCUT2D eigenvalue weighted by Crippen LogP contribution is -2.14. The molecule has 66 valence electrons. The van der Waals surface area contributed by atoms with E-state index in [2.05, 4.69) is 0 Å². The molecule has 0 saturated carbocycles. The molecule has 12 heavy (non-hydrogen) atoms. The van der Waals surface area contributed by atoms with Gasteiger partial charge >= 0.3 is 0 Å². The van der Waals surface area contributed by atoms with Crippen molar-refractivity contribution in [1.82, 2.24) is 0 Å². The molecule has 0 aromatic heterocycles. The average Bonchev–Trinajstić information content (AvgIpc) is 1.92. The van der Waals surface area contributed by atoms with Gasteiger partial charge < -0.3 is 0 Å². The van der Waals surface area contributed by atoms with E-state index in [0.717, 1.165) is 5.56 Å². The Labute approximate surface area is 85.2 Å². The predicted molar refractivity (Wildman–Crippen MR) is 55.3 cm³/mol. The van der Waals surface area contributed by atoms with E-state index in [0.29, 0.717) is 3.57 Å². The number of primary sulfonamides is 1.